The van der Waals surface area contributed by atoms with Gasteiger partial charge < -0.3 is 28.7 Å². The molecule has 11 nitrogen and oxygen atoms in total. The van der Waals surface area contributed by atoms with E-state index in [4.69, 9.17) is 23.9 Å². The fraction of sp³-hybridized carbons (Fsp3) is 0.516. The number of methoxy groups -OCH3 is 3. The van der Waals surface area contributed by atoms with Gasteiger partial charge in [-0.15, -0.1) is 0 Å². The van der Waals surface area contributed by atoms with Crippen LogP contribution in [0.25, 0.3) is 0 Å². The number of hydrogen-bond donors (Lipinski definition) is 0. The molecule has 0 bridgehead atoms. The average molecular weight is 614 g/mol. The van der Waals surface area contributed by atoms with Crippen molar-refractivity contribution in [1.29, 1.82) is 0 Å². The molecule has 43 heavy (non-hydrogen) atoms. The van der Waals surface area contributed by atoms with Gasteiger partial charge in [0.15, 0.2) is 9.84 Å². The van der Waals surface area contributed by atoms with E-state index < -0.39 is 9.84 Å². The molecule has 0 unspecified atom stereocenters. The molecule has 0 radical (unpaired) electrons. The van der Waals surface area contributed by atoms with Crippen LogP contribution in [0.2, 0.25) is 0 Å². The number of nitrogens with zero attached hydrogens (tertiary/aromatic N) is 5. The van der Waals surface area contributed by atoms with Crippen LogP contribution in [0.3, 0.4) is 0 Å². The van der Waals surface area contributed by atoms with E-state index in [0.29, 0.717) is 42.3 Å². The first-order chi connectivity index (χ1) is 20.7. The molecule has 0 amide bonds. The molecule has 12 heteroatoms. The van der Waals surface area contributed by atoms with Crippen molar-refractivity contribution in [3.63, 3.8) is 0 Å². The SMILES string of the molecule is CCN(CC1CCCC1)c1ccc(OC)nc1CN(Cc1cc(OC)cc(OC)c1)c1nccc(OCCS(C)(=O)=O)n1. The van der Waals surface area contributed by atoms with Gasteiger partial charge in [0.25, 0.3) is 0 Å². The molecule has 1 fully saturated rings. The lowest BCUT2D eigenvalue weighted by molar-refractivity contribution is 0.327. The molecular formula is C31H43N5O6S. The van der Waals surface area contributed by atoms with Gasteiger partial charge >= 0.3 is 0 Å². The summed E-state index contributed by atoms with van der Waals surface area (Å²) < 4.78 is 45.5. The molecule has 1 aliphatic carbocycles. The first-order valence-corrected chi connectivity index (χ1v) is 16.7. The predicted octanol–water partition coefficient (Wildman–Crippen LogP) is 4.54. The van der Waals surface area contributed by atoms with Gasteiger partial charge in [-0.05, 0) is 49.4 Å². The van der Waals surface area contributed by atoms with Crippen LogP contribution in [0.4, 0.5) is 11.6 Å². The van der Waals surface area contributed by atoms with E-state index >= 15 is 0 Å². The van der Waals surface area contributed by atoms with E-state index in [9.17, 15) is 8.42 Å². The zero-order chi connectivity index (χ0) is 30.8. The number of rotatable bonds is 16. The van der Waals surface area contributed by atoms with Gasteiger partial charge in [0.05, 0.1) is 45.0 Å². The zero-order valence-electron chi connectivity index (χ0n) is 25.8. The van der Waals surface area contributed by atoms with Crippen molar-refractivity contribution in [2.75, 3.05) is 62.8 Å². The van der Waals surface area contributed by atoms with Crippen molar-refractivity contribution < 1.29 is 27.4 Å². The molecule has 1 aromatic carbocycles. The van der Waals surface area contributed by atoms with Crippen LogP contribution in [0.5, 0.6) is 23.3 Å². The third-order valence-corrected chi connectivity index (χ3v) is 8.45. The van der Waals surface area contributed by atoms with Gasteiger partial charge in [-0.25, -0.2) is 18.4 Å². The molecule has 4 rings (SSSR count). The highest BCUT2D eigenvalue weighted by Gasteiger charge is 2.23. The second kappa shape index (κ2) is 15.1. The Labute approximate surface area is 255 Å². The van der Waals surface area contributed by atoms with Crippen molar-refractivity contribution in [2.45, 2.75) is 45.7 Å². The van der Waals surface area contributed by atoms with Gasteiger partial charge in [-0.2, -0.15) is 4.98 Å². The summed E-state index contributed by atoms with van der Waals surface area (Å²) in [5.74, 6) is 3.12. The van der Waals surface area contributed by atoms with Crippen molar-refractivity contribution in [1.82, 2.24) is 15.0 Å². The highest BCUT2D eigenvalue weighted by Crippen LogP contribution is 2.31. The van der Waals surface area contributed by atoms with Crippen molar-refractivity contribution in [3.8, 4) is 23.3 Å². The van der Waals surface area contributed by atoms with Gasteiger partial charge in [0, 0.05) is 50.3 Å². The second-order valence-electron chi connectivity index (χ2n) is 10.8. The molecular weight excluding hydrogens is 570 g/mol. The molecule has 0 atom stereocenters. The maximum absolute atomic E-state index is 11.6. The Kier molecular flexibility index (Phi) is 11.3. The van der Waals surface area contributed by atoms with Crippen LogP contribution in [0.1, 0.15) is 43.9 Å². The second-order valence-corrected chi connectivity index (χ2v) is 13.0. The van der Waals surface area contributed by atoms with Crippen LogP contribution in [-0.4, -0.2) is 76.4 Å². The highest BCUT2D eigenvalue weighted by atomic mass is 32.2. The predicted molar refractivity (Wildman–Crippen MR) is 167 cm³/mol. The summed E-state index contributed by atoms with van der Waals surface area (Å²) in [7, 11) is 1.68. The highest BCUT2D eigenvalue weighted by molar-refractivity contribution is 7.90. The third kappa shape index (κ3) is 9.34. The molecule has 0 saturated heterocycles. The summed E-state index contributed by atoms with van der Waals surface area (Å²) in [6.07, 6.45) is 7.85. The van der Waals surface area contributed by atoms with Crippen molar-refractivity contribution in [3.05, 3.63) is 53.9 Å². The standard InChI is InChI=1S/C31H43N5O6S/c1-6-35(20-23-9-7-8-10-23)28-11-12-29(41-4)33-27(28)22-36(21-24-17-25(39-2)19-26(18-24)40-3)31-32-14-13-30(34-31)42-15-16-43(5,37)38/h11-14,17-19,23H,6-10,15-16,20-22H2,1-5H3. The number of sulfone groups is 1. The summed E-state index contributed by atoms with van der Waals surface area (Å²) in [5, 5.41) is 0. The molecule has 0 aliphatic heterocycles. The number of pyridine rings is 1. The molecule has 1 aliphatic rings. The van der Waals surface area contributed by atoms with E-state index in [1.165, 1.54) is 31.9 Å². The average Bonchev–Trinajstić information content (AvgIpc) is 3.52. The first kappa shape index (κ1) is 32.1. The lowest BCUT2D eigenvalue weighted by Gasteiger charge is -2.30. The normalized spacial score (nSPS) is 13.5. The van der Waals surface area contributed by atoms with E-state index in [0.717, 1.165) is 30.0 Å². The Hall–Kier alpha value is -3.80. The van der Waals surface area contributed by atoms with Crippen molar-refractivity contribution >= 4 is 21.5 Å². The maximum atomic E-state index is 11.6. The maximum Gasteiger partial charge on any atom is 0.229 e. The van der Waals surface area contributed by atoms with Gasteiger partial charge in [0.2, 0.25) is 17.7 Å². The van der Waals surface area contributed by atoms with Crippen LogP contribution in [0, 0.1) is 5.92 Å². The molecule has 0 spiro atoms. The van der Waals surface area contributed by atoms with Gasteiger partial charge in [-0.3, -0.25) is 0 Å². The smallest absolute Gasteiger partial charge is 0.229 e. The Balaban J connectivity index is 1.71. The Morgan fingerprint density at radius 3 is 2.23 bits per heavy atom. The van der Waals surface area contributed by atoms with Crippen LogP contribution in [-0.2, 0) is 22.9 Å². The lowest BCUT2D eigenvalue weighted by atomic mass is 10.1. The molecule has 1 saturated carbocycles. The summed E-state index contributed by atoms with van der Waals surface area (Å²) in [6, 6.07) is 11.3. The number of hydrogen-bond acceptors (Lipinski definition) is 11. The molecule has 2 heterocycles. The summed E-state index contributed by atoms with van der Waals surface area (Å²) in [5.41, 5.74) is 2.80. The topological polar surface area (TPSA) is 116 Å². The molecule has 3 aromatic rings. The summed E-state index contributed by atoms with van der Waals surface area (Å²) in [6.45, 7) is 4.78. The minimum absolute atomic E-state index is 0.00339. The number of ether oxygens (including phenoxy) is 4. The van der Waals surface area contributed by atoms with E-state index in [1.807, 2.05) is 29.2 Å². The Morgan fingerprint density at radius 2 is 1.60 bits per heavy atom. The summed E-state index contributed by atoms with van der Waals surface area (Å²) >= 11 is 0. The Morgan fingerprint density at radius 1 is 0.884 bits per heavy atom. The Bertz CT molecular complexity index is 1430. The van der Waals surface area contributed by atoms with Crippen LogP contribution in [0.15, 0.2) is 42.6 Å². The lowest BCUT2D eigenvalue weighted by Crippen LogP contribution is -2.31. The fourth-order valence-electron chi connectivity index (χ4n) is 5.31. The van der Waals surface area contributed by atoms with Gasteiger partial charge in [0.1, 0.15) is 18.1 Å². The van der Waals surface area contributed by atoms with E-state index in [2.05, 4.69) is 27.9 Å². The largest absolute Gasteiger partial charge is 0.497 e. The number of aromatic nitrogens is 3. The quantitative estimate of drug-likeness (QED) is 0.227. The third-order valence-electron chi connectivity index (χ3n) is 7.54. The van der Waals surface area contributed by atoms with E-state index in [1.54, 1.807) is 33.6 Å². The fourth-order valence-corrected chi connectivity index (χ4v) is 5.70. The van der Waals surface area contributed by atoms with Crippen molar-refractivity contribution in [2.24, 2.45) is 5.92 Å². The van der Waals surface area contributed by atoms with Crippen LogP contribution < -0.4 is 28.7 Å². The molecule has 2 aromatic heterocycles. The molecule has 234 valence electrons. The zero-order valence-corrected chi connectivity index (χ0v) is 26.6. The van der Waals surface area contributed by atoms with Crippen LogP contribution >= 0.6 is 0 Å². The van der Waals surface area contributed by atoms with Gasteiger partial charge in [-0.1, -0.05) is 12.8 Å². The number of anilines is 2. The summed E-state index contributed by atoms with van der Waals surface area (Å²) in [4.78, 5) is 18.5. The first-order valence-electron chi connectivity index (χ1n) is 14.6. The minimum atomic E-state index is -3.17. The minimum Gasteiger partial charge on any atom is -0.497 e. The molecule has 0 N–H and O–H groups in total. The number of benzene rings is 1. The monoisotopic (exact) mass is 613 g/mol. The van der Waals surface area contributed by atoms with E-state index in [-0.39, 0.29) is 18.2 Å².